The number of nitriles is 1. The topological polar surface area (TPSA) is 42.9 Å². The van der Waals surface area contributed by atoms with Crippen LogP contribution in [-0.2, 0) is 0 Å². The number of benzene rings is 8. The van der Waals surface area contributed by atoms with Gasteiger partial charge in [-0.05, 0) is 83.9 Å². The first-order valence-corrected chi connectivity index (χ1v) is 18.3. The zero-order valence-corrected chi connectivity index (χ0v) is 29.5. The average molecular weight is 700 g/mol. The van der Waals surface area contributed by atoms with E-state index in [0.29, 0.717) is 11.3 Å². The highest BCUT2D eigenvalue weighted by Gasteiger charge is 2.19. The highest BCUT2D eigenvalue weighted by molar-refractivity contribution is 6.13. The van der Waals surface area contributed by atoms with Gasteiger partial charge in [-0.2, -0.15) is 5.26 Å². The van der Waals surface area contributed by atoms with Crippen LogP contribution in [0.4, 0.5) is 5.69 Å². The fourth-order valence-corrected chi connectivity index (χ4v) is 8.67. The minimum Gasteiger partial charge on any atom is -0.310 e. The van der Waals surface area contributed by atoms with Crippen molar-refractivity contribution in [1.82, 2.24) is 13.7 Å². The van der Waals surface area contributed by atoms with E-state index in [4.69, 9.17) is 6.57 Å². The second-order valence-corrected chi connectivity index (χ2v) is 14.0. The maximum Gasteiger partial charge on any atom is 0.189 e. The summed E-state index contributed by atoms with van der Waals surface area (Å²) in [6.45, 7) is 7.68. The number of aromatic nitrogens is 3. The molecule has 11 rings (SSSR count). The standard InChI is InChI=1S/C50H29N5/c1-52-35-21-25-42-40-12-4-8-16-47(40)54(50(42)29-35)37-24-27-49-43(30-37)41-13-5-9-17-48(41)55(49)44-26-20-33(28-34(44)31-51)32-18-22-36(23-19-32)53-45-14-6-2-10-38(45)39-11-3-7-15-46(39)53/h2-30H. The van der Waals surface area contributed by atoms with Gasteiger partial charge in [0.1, 0.15) is 6.07 Å². The molecular weight excluding hydrogens is 671 g/mol. The summed E-state index contributed by atoms with van der Waals surface area (Å²) in [4.78, 5) is 3.74. The van der Waals surface area contributed by atoms with Crippen molar-refractivity contribution in [2.24, 2.45) is 0 Å². The van der Waals surface area contributed by atoms with Gasteiger partial charge >= 0.3 is 0 Å². The molecule has 5 heteroatoms. The summed E-state index contributed by atoms with van der Waals surface area (Å²) in [6, 6.07) is 63.7. The Kier molecular flexibility index (Phi) is 6.61. The van der Waals surface area contributed by atoms with E-state index in [-0.39, 0.29) is 0 Å². The maximum absolute atomic E-state index is 10.6. The van der Waals surface area contributed by atoms with Gasteiger partial charge in [-0.3, -0.25) is 0 Å². The number of para-hydroxylation sites is 4. The van der Waals surface area contributed by atoms with Crippen LogP contribution in [0.25, 0.3) is 98.5 Å². The van der Waals surface area contributed by atoms with E-state index in [2.05, 4.69) is 182 Å². The first-order valence-electron chi connectivity index (χ1n) is 18.3. The molecule has 0 unspecified atom stereocenters. The van der Waals surface area contributed by atoms with E-state index in [1.165, 1.54) is 21.8 Å². The third kappa shape index (κ3) is 4.51. The molecule has 254 valence electrons. The lowest BCUT2D eigenvalue weighted by molar-refractivity contribution is 1.16. The average Bonchev–Trinajstić information content (AvgIpc) is 3.88. The first-order chi connectivity index (χ1) is 27.2. The Morgan fingerprint density at radius 2 is 0.891 bits per heavy atom. The fourth-order valence-electron chi connectivity index (χ4n) is 8.67. The highest BCUT2D eigenvalue weighted by atomic mass is 15.0. The zero-order chi connectivity index (χ0) is 36.6. The van der Waals surface area contributed by atoms with E-state index >= 15 is 0 Å². The minimum atomic E-state index is 0.602. The Morgan fingerprint density at radius 3 is 1.49 bits per heavy atom. The molecule has 0 aliphatic heterocycles. The fraction of sp³-hybridized carbons (Fsp3) is 0. The Labute approximate surface area is 316 Å². The third-order valence-corrected chi connectivity index (χ3v) is 11.1. The molecule has 8 aromatic carbocycles. The lowest BCUT2D eigenvalue weighted by Gasteiger charge is -2.13. The molecule has 55 heavy (non-hydrogen) atoms. The predicted octanol–water partition coefficient (Wildman–Crippen LogP) is 13.1. The molecule has 0 N–H and O–H groups in total. The number of fused-ring (bicyclic) bond motifs is 9. The molecule has 3 aromatic heterocycles. The molecule has 0 saturated heterocycles. The van der Waals surface area contributed by atoms with Crippen molar-refractivity contribution in [2.75, 3.05) is 0 Å². The van der Waals surface area contributed by atoms with Crippen molar-refractivity contribution in [1.29, 1.82) is 5.26 Å². The molecule has 5 nitrogen and oxygen atoms in total. The second-order valence-electron chi connectivity index (χ2n) is 14.0. The molecule has 0 amide bonds. The zero-order valence-electron chi connectivity index (χ0n) is 29.5. The first kappa shape index (κ1) is 30.7. The summed E-state index contributed by atoms with van der Waals surface area (Å²) in [5, 5.41) is 17.6. The maximum atomic E-state index is 10.6. The minimum absolute atomic E-state index is 0.602. The summed E-state index contributed by atoms with van der Waals surface area (Å²) in [7, 11) is 0. The lowest BCUT2D eigenvalue weighted by Crippen LogP contribution is -1.99. The van der Waals surface area contributed by atoms with Crippen LogP contribution in [0.1, 0.15) is 5.56 Å². The van der Waals surface area contributed by atoms with Crippen LogP contribution in [-0.4, -0.2) is 13.7 Å². The van der Waals surface area contributed by atoms with Gasteiger partial charge in [-0.1, -0.05) is 103 Å². The number of nitrogens with zero attached hydrogens (tertiary/aromatic N) is 5. The quantitative estimate of drug-likeness (QED) is 0.169. The SMILES string of the molecule is [C-]#[N+]c1ccc2c3ccccc3n(-c3ccc4c(c3)c3ccccc3n4-c3ccc(-c4ccc(-n5c6ccccc6c6ccccc65)cc4)cc3C#N)c2c1. The van der Waals surface area contributed by atoms with Crippen LogP contribution in [0.2, 0.25) is 0 Å². The number of hydrogen-bond donors (Lipinski definition) is 0. The van der Waals surface area contributed by atoms with Gasteiger partial charge in [0.05, 0.1) is 45.4 Å². The summed E-state index contributed by atoms with van der Waals surface area (Å²) in [6.07, 6.45) is 0. The van der Waals surface area contributed by atoms with Gasteiger partial charge in [-0.25, -0.2) is 4.85 Å². The molecule has 0 spiro atoms. The molecule has 0 saturated carbocycles. The summed E-state index contributed by atoms with van der Waals surface area (Å²) >= 11 is 0. The van der Waals surface area contributed by atoms with E-state index < -0.39 is 0 Å². The van der Waals surface area contributed by atoms with Crippen molar-refractivity contribution in [2.45, 2.75) is 0 Å². The Morgan fingerprint density at radius 1 is 0.400 bits per heavy atom. The van der Waals surface area contributed by atoms with Crippen molar-refractivity contribution in [3.63, 3.8) is 0 Å². The van der Waals surface area contributed by atoms with Gasteiger partial charge in [0.2, 0.25) is 0 Å². The molecule has 0 aliphatic carbocycles. The molecule has 0 radical (unpaired) electrons. The lowest BCUT2D eigenvalue weighted by atomic mass is 10.0. The van der Waals surface area contributed by atoms with Crippen LogP contribution in [0, 0.1) is 17.9 Å². The van der Waals surface area contributed by atoms with Gasteiger partial charge in [0.15, 0.2) is 5.69 Å². The van der Waals surface area contributed by atoms with Gasteiger partial charge in [0, 0.05) is 49.2 Å². The second kappa shape index (κ2) is 11.8. The van der Waals surface area contributed by atoms with Crippen LogP contribution in [0.3, 0.4) is 0 Å². The molecule has 0 fully saturated rings. The van der Waals surface area contributed by atoms with Crippen molar-refractivity contribution in [3.05, 3.63) is 193 Å². The smallest absolute Gasteiger partial charge is 0.189 e. The number of hydrogen-bond acceptors (Lipinski definition) is 1. The summed E-state index contributed by atoms with van der Waals surface area (Å²) in [5.41, 5.74) is 12.7. The Hall–Kier alpha value is -7.86. The molecular formula is C50H29N5. The summed E-state index contributed by atoms with van der Waals surface area (Å²) in [5.74, 6) is 0. The van der Waals surface area contributed by atoms with E-state index in [9.17, 15) is 5.26 Å². The normalized spacial score (nSPS) is 11.6. The third-order valence-electron chi connectivity index (χ3n) is 11.1. The Bertz CT molecular complexity index is 3400. The van der Waals surface area contributed by atoms with Gasteiger partial charge in [-0.15, -0.1) is 0 Å². The van der Waals surface area contributed by atoms with Crippen molar-refractivity contribution < 1.29 is 0 Å². The molecule has 11 aromatic rings. The largest absolute Gasteiger partial charge is 0.310 e. The predicted molar refractivity (Wildman–Crippen MR) is 226 cm³/mol. The van der Waals surface area contributed by atoms with E-state index in [0.717, 1.165) is 71.8 Å². The van der Waals surface area contributed by atoms with Crippen LogP contribution in [0.5, 0.6) is 0 Å². The van der Waals surface area contributed by atoms with Crippen molar-refractivity contribution >= 4 is 71.1 Å². The molecule has 0 bridgehead atoms. The van der Waals surface area contributed by atoms with Crippen LogP contribution < -0.4 is 0 Å². The van der Waals surface area contributed by atoms with E-state index in [1.54, 1.807) is 0 Å². The Balaban J connectivity index is 1.03. The summed E-state index contributed by atoms with van der Waals surface area (Å²) < 4.78 is 6.79. The van der Waals surface area contributed by atoms with Crippen LogP contribution >= 0.6 is 0 Å². The van der Waals surface area contributed by atoms with Gasteiger partial charge in [0.25, 0.3) is 0 Å². The molecule has 3 heterocycles. The number of rotatable bonds is 4. The molecule has 0 aliphatic rings. The van der Waals surface area contributed by atoms with Crippen LogP contribution in [0.15, 0.2) is 176 Å². The van der Waals surface area contributed by atoms with E-state index in [1.807, 2.05) is 18.2 Å². The van der Waals surface area contributed by atoms with Gasteiger partial charge < -0.3 is 13.7 Å². The monoisotopic (exact) mass is 699 g/mol. The van der Waals surface area contributed by atoms with Crippen molar-refractivity contribution in [3.8, 4) is 34.3 Å². The highest BCUT2D eigenvalue weighted by Crippen LogP contribution is 2.39. The molecule has 0 atom stereocenters.